The van der Waals surface area contributed by atoms with Crippen LogP contribution in [0.3, 0.4) is 0 Å². The van der Waals surface area contributed by atoms with E-state index in [0.717, 1.165) is 12.8 Å². The van der Waals surface area contributed by atoms with Gasteiger partial charge in [-0.1, -0.05) is 13.3 Å². The lowest BCUT2D eigenvalue weighted by molar-refractivity contribution is 0.0696. The molecule has 1 aromatic carbocycles. The minimum Gasteiger partial charge on any atom is -0.478 e. The Labute approximate surface area is 143 Å². The molecular weight excluding hydrogens is 332 g/mol. The molecule has 24 heavy (non-hydrogen) atoms. The molecule has 0 spiro atoms. The fourth-order valence-electron chi connectivity index (χ4n) is 2.27. The number of hydrogen-bond donors (Lipinski definition) is 3. The first-order chi connectivity index (χ1) is 11.3. The molecule has 0 aliphatic carbocycles. The minimum absolute atomic E-state index is 0.0530. The van der Waals surface area contributed by atoms with Gasteiger partial charge in [0.05, 0.1) is 11.3 Å². The van der Waals surface area contributed by atoms with Crippen LogP contribution in [0.5, 0.6) is 0 Å². The predicted octanol–water partition coefficient (Wildman–Crippen LogP) is 2.30. The van der Waals surface area contributed by atoms with Crippen molar-refractivity contribution >= 4 is 21.7 Å². The van der Waals surface area contributed by atoms with Crippen LogP contribution >= 0.6 is 0 Å². The number of nitrogens with one attached hydrogen (secondary N) is 2. The maximum absolute atomic E-state index is 12.5. The van der Waals surface area contributed by atoms with Gasteiger partial charge in [0.15, 0.2) is 0 Å². The van der Waals surface area contributed by atoms with Gasteiger partial charge in [-0.2, -0.15) is 0 Å². The zero-order valence-electron chi connectivity index (χ0n) is 14.3. The number of methoxy groups -OCH3 is 1. The van der Waals surface area contributed by atoms with E-state index in [1.54, 1.807) is 7.11 Å². The van der Waals surface area contributed by atoms with E-state index in [4.69, 9.17) is 9.84 Å². The zero-order chi connectivity index (χ0) is 18.2. The third-order valence-electron chi connectivity index (χ3n) is 3.46. The third-order valence-corrected chi connectivity index (χ3v) is 4.96. The van der Waals surface area contributed by atoms with Crippen LogP contribution < -0.4 is 10.0 Å². The number of anilines is 1. The molecule has 0 heterocycles. The van der Waals surface area contributed by atoms with E-state index >= 15 is 0 Å². The van der Waals surface area contributed by atoms with E-state index in [-0.39, 0.29) is 23.0 Å². The summed E-state index contributed by atoms with van der Waals surface area (Å²) in [5, 5.41) is 12.3. The molecule has 1 aromatic rings. The van der Waals surface area contributed by atoms with Crippen molar-refractivity contribution in [2.45, 2.75) is 44.0 Å². The number of carboxylic acids is 1. The van der Waals surface area contributed by atoms with E-state index in [1.807, 2.05) is 13.8 Å². The largest absolute Gasteiger partial charge is 0.478 e. The van der Waals surface area contributed by atoms with Crippen molar-refractivity contribution in [3.05, 3.63) is 23.8 Å². The van der Waals surface area contributed by atoms with Crippen molar-refractivity contribution < 1.29 is 23.1 Å². The van der Waals surface area contributed by atoms with Crippen molar-refractivity contribution in [1.29, 1.82) is 0 Å². The van der Waals surface area contributed by atoms with Gasteiger partial charge < -0.3 is 15.2 Å². The number of ether oxygens (including phenoxy) is 1. The molecule has 0 aromatic heterocycles. The highest BCUT2D eigenvalue weighted by Crippen LogP contribution is 2.24. The standard InChI is InChI=1S/C16H26N2O5S/c1-4-6-12(2)18-14-8-7-13(16(19)20)11-15(14)24(21,22)17-9-5-10-23-3/h7-8,11-12,17-18H,4-6,9-10H2,1-3H3,(H,19,20)/t12-/m1/s1. The molecule has 7 nitrogen and oxygen atoms in total. The Hall–Kier alpha value is -1.64. The number of benzene rings is 1. The van der Waals surface area contributed by atoms with Gasteiger partial charge in [0.1, 0.15) is 4.90 Å². The molecular formula is C16H26N2O5S. The first-order valence-electron chi connectivity index (χ1n) is 7.94. The molecule has 0 aliphatic heterocycles. The highest BCUT2D eigenvalue weighted by molar-refractivity contribution is 7.89. The van der Waals surface area contributed by atoms with Crippen molar-refractivity contribution in [1.82, 2.24) is 4.72 Å². The molecule has 0 radical (unpaired) electrons. The van der Waals surface area contributed by atoms with Crippen LogP contribution in [0.15, 0.2) is 23.1 Å². The highest BCUT2D eigenvalue weighted by Gasteiger charge is 2.21. The Bertz CT molecular complexity index is 646. The fraction of sp³-hybridized carbons (Fsp3) is 0.562. The van der Waals surface area contributed by atoms with Crippen molar-refractivity contribution in [2.24, 2.45) is 0 Å². The summed E-state index contributed by atoms with van der Waals surface area (Å²) in [5.41, 5.74) is 0.334. The van der Waals surface area contributed by atoms with E-state index < -0.39 is 16.0 Å². The molecule has 1 atom stereocenters. The van der Waals surface area contributed by atoms with E-state index in [9.17, 15) is 13.2 Å². The average Bonchev–Trinajstić information content (AvgIpc) is 2.52. The van der Waals surface area contributed by atoms with Crippen LogP contribution in [0.4, 0.5) is 5.69 Å². The van der Waals surface area contributed by atoms with Gasteiger partial charge in [-0.3, -0.25) is 0 Å². The zero-order valence-corrected chi connectivity index (χ0v) is 15.1. The number of carboxylic acid groups (broad SMARTS) is 1. The molecule has 8 heteroatoms. The van der Waals surface area contributed by atoms with Crippen LogP contribution in [0.2, 0.25) is 0 Å². The first-order valence-corrected chi connectivity index (χ1v) is 9.42. The summed E-state index contributed by atoms with van der Waals surface area (Å²) in [6.07, 6.45) is 2.36. The molecule has 0 bridgehead atoms. The van der Waals surface area contributed by atoms with Crippen molar-refractivity contribution in [2.75, 3.05) is 25.6 Å². The number of carbonyl (C=O) groups is 1. The topological polar surface area (TPSA) is 105 Å². The Kier molecular flexibility index (Phi) is 8.17. The van der Waals surface area contributed by atoms with Crippen LogP contribution in [0.1, 0.15) is 43.5 Å². The minimum atomic E-state index is -3.82. The van der Waals surface area contributed by atoms with Gasteiger partial charge in [-0.15, -0.1) is 0 Å². The van der Waals surface area contributed by atoms with Crippen molar-refractivity contribution in [3.63, 3.8) is 0 Å². The van der Waals surface area contributed by atoms with E-state index in [0.29, 0.717) is 18.7 Å². The van der Waals surface area contributed by atoms with Crippen LogP contribution in [-0.2, 0) is 14.8 Å². The van der Waals surface area contributed by atoms with Crippen LogP contribution in [0, 0.1) is 0 Å². The summed E-state index contributed by atoms with van der Waals surface area (Å²) in [7, 11) is -2.28. The molecule has 136 valence electrons. The van der Waals surface area contributed by atoms with Crippen LogP contribution in [0.25, 0.3) is 0 Å². The smallest absolute Gasteiger partial charge is 0.335 e. The fourth-order valence-corrected chi connectivity index (χ4v) is 3.54. The molecule has 0 aliphatic rings. The number of hydrogen-bond acceptors (Lipinski definition) is 5. The monoisotopic (exact) mass is 358 g/mol. The summed E-state index contributed by atoms with van der Waals surface area (Å²) in [4.78, 5) is 11.1. The van der Waals surface area contributed by atoms with E-state index in [2.05, 4.69) is 10.0 Å². The van der Waals surface area contributed by atoms with Gasteiger partial charge in [0, 0.05) is 26.3 Å². The number of sulfonamides is 1. The SMILES string of the molecule is CCC[C@@H](C)Nc1ccc(C(=O)O)cc1S(=O)(=O)NCCCOC. The van der Waals surface area contributed by atoms with Gasteiger partial charge in [0.2, 0.25) is 10.0 Å². The Balaban J connectivity index is 3.10. The lowest BCUT2D eigenvalue weighted by Gasteiger charge is -2.18. The first kappa shape index (κ1) is 20.4. The molecule has 0 unspecified atom stereocenters. The normalized spacial score (nSPS) is 12.8. The maximum Gasteiger partial charge on any atom is 0.335 e. The van der Waals surface area contributed by atoms with Gasteiger partial charge in [0.25, 0.3) is 0 Å². The molecule has 0 amide bonds. The van der Waals surface area contributed by atoms with Gasteiger partial charge in [-0.05, 0) is 38.0 Å². The Morgan fingerprint density at radius 2 is 2.08 bits per heavy atom. The molecule has 3 N–H and O–H groups in total. The average molecular weight is 358 g/mol. The van der Waals surface area contributed by atoms with Crippen LogP contribution in [-0.4, -0.2) is 45.8 Å². The summed E-state index contributed by atoms with van der Waals surface area (Å²) < 4.78 is 32.5. The van der Waals surface area contributed by atoms with E-state index in [1.165, 1.54) is 18.2 Å². The second-order valence-corrected chi connectivity index (χ2v) is 7.33. The molecule has 0 saturated carbocycles. The summed E-state index contributed by atoms with van der Waals surface area (Å²) in [6, 6.07) is 4.15. The maximum atomic E-state index is 12.5. The predicted molar refractivity (Wildman–Crippen MR) is 93.1 cm³/mol. The second-order valence-electron chi connectivity index (χ2n) is 5.59. The Morgan fingerprint density at radius 3 is 2.67 bits per heavy atom. The number of aromatic carboxylic acids is 1. The Morgan fingerprint density at radius 1 is 1.38 bits per heavy atom. The molecule has 0 fully saturated rings. The summed E-state index contributed by atoms with van der Waals surface area (Å²) in [5.74, 6) is -1.17. The lowest BCUT2D eigenvalue weighted by Crippen LogP contribution is -2.27. The highest BCUT2D eigenvalue weighted by atomic mass is 32.2. The quantitative estimate of drug-likeness (QED) is 0.524. The summed E-state index contributed by atoms with van der Waals surface area (Å²) in [6.45, 7) is 4.66. The van der Waals surface area contributed by atoms with Crippen molar-refractivity contribution in [3.8, 4) is 0 Å². The third kappa shape index (κ3) is 6.10. The number of rotatable bonds is 11. The van der Waals surface area contributed by atoms with Gasteiger partial charge >= 0.3 is 5.97 Å². The van der Waals surface area contributed by atoms with Gasteiger partial charge in [-0.25, -0.2) is 17.9 Å². The second kappa shape index (κ2) is 9.61. The molecule has 1 rings (SSSR count). The lowest BCUT2D eigenvalue weighted by atomic mass is 10.1. The molecule has 0 saturated heterocycles. The summed E-state index contributed by atoms with van der Waals surface area (Å²) >= 11 is 0.